The van der Waals surface area contributed by atoms with E-state index in [1.54, 1.807) is 30.3 Å². The van der Waals surface area contributed by atoms with Gasteiger partial charge in [-0.25, -0.2) is 14.6 Å². The average molecular weight is 411 g/mol. The number of ether oxygens (including phenoxy) is 2. The molecule has 3 aromatic rings. The Balaban J connectivity index is 1.50. The number of hydrogen-bond acceptors (Lipinski definition) is 7. The Morgan fingerprint density at radius 2 is 1.83 bits per heavy atom. The number of thiophene rings is 1. The van der Waals surface area contributed by atoms with Crippen molar-refractivity contribution in [3.63, 3.8) is 0 Å². The molecule has 2 heterocycles. The molecule has 29 heavy (non-hydrogen) atoms. The molecule has 0 atom stereocenters. The van der Waals surface area contributed by atoms with Crippen molar-refractivity contribution in [1.29, 1.82) is 0 Å². The van der Waals surface area contributed by atoms with Crippen molar-refractivity contribution in [3.05, 3.63) is 76.6 Å². The van der Waals surface area contributed by atoms with E-state index in [2.05, 4.69) is 15.6 Å². The summed E-state index contributed by atoms with van der Waals surface area (Å²) in [6.07, 6.45) is 1.47. The van der Waals surface area contributed by atoms with Crippen molar-refractivity contribution < 1.29 is 23.9 Å². The van der Waals surface area contributed by atoms with Gasteiger partial charge in [-0.15, -0.1) is 11.3 Å². The van der Waals surface area contributed by atoms with Gasteiger partial charge in [-0.3, -0.25) is 10.1 Å². The molecular weight excluding hydrogens is 394 g/mol. The maximum absolute atomic E-state index is 12.3. The van der Waals surface area contributed by atoms with E-state index < -0.39 is 24.5 Å². The first-order valence-electron chi connectivity index (χ1n) is 8.57. The molecule has 0 spiro atoms. The minimum Gasteiger partial charge on any atom is -0.452 e. The molecule has 0 saturated heterocycles. The molecule has 1 aromatic carbocycles. The van der Waals surface area contributed by atoms with Crippen molar-refractivity contribution in [2.75, 3.05) is 6.61 Å². The number of nitrogens with one attached hydrogen (secondary N) is 2. The number of imide groups is 1. The number of nitrogens with zero attached hydrogens (tertiary/aromatic N) is 1. The zero-order chi connectivity index (χ0) is 20.5. The van der Waals surface area contributed by atoms with Crippen LogP contribution in [0.4, 0.5) is 4.79 Å². The smallest absolute Gasteiger partial charge is 0.344 e. The van der Waals surface area contributed by atoms with Crippen LogP contribution in [0.5, 0.6) is 11.6 Å². The summed E-state index contributed by atoms with van der Waals surface area (Å²) >= 11 is 1.48. The van der Waals surface area contributed by atoms with Gasteiger partial charge in [0.25, 0.3) is 5.91 Å². The predicted molar refractivity (Wildman–Crippen MR) is 106 cm³/mol. The number of amides is 3. The van der Waals surface area contributed by atoms with Gasteiger partial charge in [0, 0.05) is 11.1 Å². The average Bonchev–Trinajstić information content (AvgIpc) is 3.25. The number of carbonyl (C=O) groups is 3. The molecule has 2 N–H and O–H groups in total. The van der Waals surface area contributed by atoms with Crippen LogP contribution in [0.2, 0.25) is 0 Å². The quantitative estimate of drug-likeness (QED) is 0.579. The molecule has 9 heteroatoms. The number of benzene rings is 1. The second-order valence-corrected chi connectivity index (χ2v) is 6.69. The van der Waals surface area contributed by atoms with E-state index in [-0.39, 0.29) is 11.4 Å². The number of para-hydroxylation sites is 1. The van der Waals surface area contributed by atoms with Gasteiger partial charge in [0.1, 0.15) is 11.3 Å². The summed E-state index contributed by atoms with van der Waals surface area (Å²) in [6.45, 7) is -0.322. The predicted octanol–water partition coefficient (Wildman–Crippen LogP) is 3.12. The highest BCUT2D eigenvalue weighted by Crippen LogP contribution is 2.23. The molecule has 0 aliphatic carbocycles. The van der Waals surface area contributed by atoms with E-state index in [0.29, 0.717) is 12.3 Å². The molecule has 0 bridgehead atoms. The Bertz CT molecular complexity index is 977. The third kappa shape index (κ3) is 6.15. The Morgan fingerprint density at radius 3 is 2.59 bits per heavy atom. The maximum Gasteiger partial charge on any atom is 0.344 e. The lowest BCUT2D eigenvalue weighted by Crippen LogP contribution is -2.41. The number of pyridine rings is 1. The zero-order valence-corrected chi connectivity index (χ0v) is 16.0. The standard InChI is InChI=1S/C20H17N3O5S/c24-17(23-20(26)22-12-15-8-5-11-29-15)13-27-19(25)16-9-4-10-21-18(16)28-14-6-2-1-3-7-14/h1-11H,12-13H2,(H2,22,23,24,26). The third-order valence-corrected chi connectivity index (χ3v) is 4.42. The molecular formula is C20H17N3O5S. The normalized spacial score (nSPS) is 10.1. The van der Waals surface area contributed by atoms with Crippen LogP contribution >= 0.6 is 11.3 Å². The first-order chi connectivity index (χ1) is 14.1. The fourth-order valence-electron chi connectivity index (χ4n) is 2.22. The maximum atomic E-state index is 12.3. The highest BCUT2D eigenvalue weighted by molar-refractivity contribution is 7.09. The zero-order valence-electron chi connectivity index (χ0n) is 15.2. The van der Waals surface area contributed by atoms with Gasteiger partial charge in [0.2, 0.25) is 5.88 Å². The van der Waals surface area contributed by atoms with Crippen LogP contribution in [-0.4, -0.2) is 29.5 Å². The van der Waals surface area contributed by atoms with Crippen molar-refractivity contribution >= 4 is 29.2 Å². The number of esters is 1. The number of hydrogen-bond donors (Lipinski definition) is 2. The van der Waals surface area contributed by atoms with Gasteiger partial charge in [0.05, 0.1) is 6.54 Å². The number of rotatable bonds is 7. The summed E-state index contributed by atoms with van der Waals surface area (Å²) in [5, 5.41) is 6.52. The van der Waals surface area contributed by atoms with Crippen molar-refractivity contribution in [2.24, 2.45) is 0 Å². The van der Waals surface area contributed by atoms with Gasteiger partial charge in [-0.2, -0.15) is 0 Å². The van der Waals surface area contributed by atoms with Crippen LogP contribution in [0, 0.1) is 0 Å². The Kier molecular flexibility index (Phi) is 6.90. The Morgan fingerprint density at radius 1 is 1.00 bits per heavy atom. The summed E-state index contributed by atoms with van der Waals surface area (Å²) in [4.78, 5) is 40.8. The lowest BCUT2D eigenvalue weighted by atomic mass is 10.2. The van der Waals surface area contributed by atoms with Crippen LogP contribution in [0.15, 0.2) is 66.2 Å². The first kappa shape index (κ1) is 20.0. The van der Waals surface area contributed by atoms with E-state index in [0.717, 1.165) is 4.88 Å². The van der Waals surface area contributed by atoms with E-state index in [1.165, 1.54) is 23.6 Å². The molecule has 3 rings (SSSR count). The van der Waals surface area contributed by atoms with Gasteiger partial charge in [-0.05, 0) is 35.7 Å². The molecule has 0 radical (unpaired) electrons. The second kappa shape index (κ2) is 10.00. The fourth-order valence-corrected chi connectivity index (χ4v) is 2.87. The highest BCUT2D eigenvalue weighted by Gasteiger charge is 2.18. The minimum atomic E-state index is -0.793. The largest absolute Gasteiger partial charge is 0.452 e. The molecule has 0 unspecified atom stereocenters. The molecule has 0 saturated carbocycles. The van der Waals surface area contributed by atoms with Crippen molar-refractivity contribution in [3.8, 4) is 11.6 Å². The van der Waals surface area contributed by atoms with Gasteiger partial charge >= 0.3 is 12.0 Å². The SMILES string of the molecule is O=C(COC(=O)c1cccnc1Oc1ccccc1)NC(=O)NCc1cccs1. The van der Waals surface area contributed by atoms with Gasteiger partial charge in [-0.1, -0.05) is 24.3 Å². The molecule has 8 nitrogen and oxygen atoms in total. The fraction of sp³-hybridized carbons (Fsp3) is 0.100. The minimum absolute atomic E-state index is 0.0535. The monoisotopic (exact) mass is 411 g/mol. The highest BCUT2D eigenvalue weighted by atomic mass is 32.1. The number of aromatic nitrogens is 1. The van der Waals surface area contributed by atoms with Crippen LogP contribution < -0.4 is 15.4 Å². The summed E-state index contributed by atoms with van der Waals surface area (Å²) in [5.41, 5.74) is 0.0614. The molecule has 2 aromatic heterocycles. The summed E-state index contributed by atoms with van der Waals surface area (Å²) < 4.78 is 10.6. The van der Waals surface area contributed by atoms with Gasteiger partial charge in [0.15, 0.2) is 6.61 Å². The van der Waals surface area contributed by atoms with Crippen LogP contribution in [-0.2, 0) is 16.1 Å². The van der Waals surface area contributed by atoms with E-state index in [9.17, 15) is 14.4 Å². The number of carbonyl (C=O) groups excluding carboxylic acids is 3. The van der Waals surface area contributed by atoms with Crippen LogP contribution in [0.1, 0.15) is 15.2 Å². The van der Waals surface area contributed by atoms with Crippen molar-refractivity contribution in [1.82, 2.24) is 15.6 Å². The topological polar surface area (TPSA) is 107 Å². The second-order valence-electron chi connectivity index (χ2n) is 5.66. The van der Waals surface area contributed by atoms with E-state index in [4.69, 9.17) is 9.47 Å². The van der Waals surface area contributed by atoms with Crippen LogP contribution in [0.25, 0.3) is 0 Å². The molecule has 0 fully saturated rings. The summed E-state index contributed by atoms with van der Waals surface area (Å²) in [5.74, 6) is -0.993. The summed E-state index contributed by atoms with van der Waals surface area (Å²) in [6, 6.07) is 14.9. The van der Waals surface area contributed by atoms with E-state index in [1.807, 2.05) is 23.6 Å². The number of urea groups is 1. The molecule has 0 aliphatic heterocycles. The lowest BCUT2D eigenvalue weighted by molar-refractivity contribution is -0.123. The molecule has 0 aliphatic rings. The molecule has 3 amide bonds. The Labute approximate surface area is 170 Å². The first-order valence-corrected chi connectivity index (χ1v) is 9.45. The lowest BCUT2D eigenvalue weighted by Gasteiger charge is -2.10. The van der Waals surface area contributed by atoms with Crippen LogP contribution in [0.3, 0.4) is 0 Å². The van der Waals surface area contributed by atoms with Crippen molar-refractivity contribution in [2.45, 2.75) is 6.54 Å². The summed E-state index contributed by atoms with van der Waals surface area (Å²) in [7, 11) is 0. The van der Waals surface area contributed by atoms with Gasteiger partial charge < -0.3 is 14.8 Å². The van der Waals surface area contributed by atoms with E-state index >= 15 is 0 Å². The molecule has 148 valence electrons. The third-order valence-electron chi connectivity index (χ3n) is 3.54. The Hall–Kier alpha value is -3.72.